The molecule has 0 aliphatic carbocycles. The molecule has 1 aliphatic rings. The van der Waals surface area contributed by atoms with E-state index >= 15 is 0 Å². The Balaban J connectivity index is 2.26. The lowest BCUT2D eigenvalue weighted by Gasteiger charge is -2.35. The van der Waals surface area contributed by atoms with E-state index in [-0.39, 0.29) is 12.1 Å². The Morgan fingerprint density at radius 3 is 2.71 bits per heavy atom. The van der Waals surface area contributed by atoms with Gasteiger partial charge in [-0.25, -0.2) is 0 Å². The Kier molecular flexibility index (Phi) is 6.01. The quantitative estimate of drug-likeness (QED) is 0.892. The normalized spacial score (nSPS) is 22.5. The van der Waals surface area contributed by atoms with E-state index in [9.17, 15) is 0 Å². The van der Waals surface area contributed by atoms with Crippen molar-refractivity contribution in [2.45, 2.75) is 50.4 Å². The molecule has 0 saturated carbocycles. The number of rotatable bonds is 4. The summed E-state index contributed by atoms with van der Waals surface area (Å²) in [5.74, 6) is 1.16. The third-order valence-electron chi connectivity index (χ3n) is 4.37. The Morgan fingerprint density at radius 1 is 1.33 bits per heavy atom. The second kappa shape index (κ2) is 7.36. The Labute approximate surface area is 138 Å². The van der Waals surface area contributed by atoms with Crippen LogP contribution in [0.4, 0.5) is 0 Å². The molecule has 0 spiro atoms. The molecule has 2 nitrogen and oxygen atoms in total. The van der Waals surface area contributed by atoms with Gasteiger partial charge in [0.1, 0.15) is 0 Å². The molecule has 1 aliphatic heterocycles. The van der Waals surface area contributed by atoms with E-state index in [1.807, 2.05) is 12.1 Å². The summed E-state index contributed by atoms with van der Waals surface area (Å²) in [6.07, 6.45) is 2.15. The fourth-order valence-electron chi connectivity index (χ4n) is 2.95. The second-order valence-electron chi connectivity index (χ2n) is 6.43. The van der Waals surface area contributed by atoms with Crippen molar-refractivity contribution in [1.82, 2.24) is 4.90 Å². The van der Waals surface area contributed by atoms with Crippen molar-refractivity contribution >= 4 is 23.4 Å². The van der Waals surface area contributed by atoms with Crippen LogP contribution >= 0.6 is 23.4 Å². The lowest BCUT2D eigenvalue weighted by atomic mass is 9.95. The summed E-state index contributed by atoms with van der Waals surface area (Å²) in [4.78, 5) is 2.54. The highest BCUT2D eigenvalue weighted by Gasteiger charge is 2.31. The van der Waals surface area contributed by atoms with Crippen LogP contribution < -0.4 is 5.73 Å². The molecule has 2 N–H and O–H groups in total. The van der Waals surface area contributed by atoms with Crippen molar-refractivity contribution in [2.24, 2.45) is 5.73 Å². The molecule has 1 fully saturated rings. The predicted octanol–water partition coefficient (Wildman–Crippen LogP) is 4.34. The summed E-state index contributed by atoms with van der Waals surface area (Å²) < 4.78 is 0.357. The first kappa shape index (κ1) is 17.1. The fourth-order valence-corrected chi connectivity index (χ4v) is 4.31. The van der Waals surface area contributed by atoms with Crippen LogP contribution in [0.2, 0.25) is 5.02 Å². The van der Waals surface area contributed by atoms with Crippen LogP contribution in [0.25, 0.3) is 0 Å². The van der Waals surface area contributed by atoms with Crippen LogP contribution in [-0.2, 0) is 0 Å². The van der Waals surface area contributed by atoms with Crippen LogP contribution in [0.3, 0.4) is 0 Å². The maximum atomic E-state index is 6.46. The van der Waals surface area contributed by atoms with Gasteiger partial charge in [0, 0.05) is 34.7 Å². The van der Waals surface area contributed by atoms with Crippen molar-refractivity contribution < 1.29 is 0 Å². The van der Waals surface area contributed by atoms with Crippen molar-refractivity contribution in [3.63, 3.8) is 0 Å². The molecule has 118 valence electrons. The lowest BCUT2D eigenvalue weighted by molar-refractivity contribution is 0.177. The molecule has 1 aromatic carbocycles. The Hall–Kier alpha value is -0.220. The molecule has 0 aromatic heterocycles. The molecule has 0 amide bonds. The second-order valence-corrected chi connectivity index (χ2v) is 8.64. The Morgan fingerprint density at radius 2 is 2.05 bits per heavy atom. The minimum Gasteiger partial charge on any atom is -0.326 e. The monoisotopic (exact) mass is 326 g/mol. The average molecular weight is 327 g/mol. The first-order valence-corrected chi connectivity index (χ1v) is 9.19. The maximum Gasteiger partial charge on any atom is 0.0514 e. The van der Waals surface area contributed by atoms with Gasteiger partial charge in [-0.1, -0.05) is 50.6 Å². The van der Waals surface area contributed by atoms with Gasteiger partial charge in [-0.3, -0.25) is 4.90 Å². The fraction of sp³-hybridized carbons (Fsp3) is 0.647. The third-order valence-corrected chi connectivity index (χ3v) is 6.08. The van der Waals surface area contributed by atoms with Gasteiger partial charge < -0.3 is 5.73 Å². The molecule has 1 saturated heterocycles. The number of thioether (sulfide) groups is 1. The van der Waals surface area contributed by atoms with E-state index in [4.69, 9.17) is 17.3 Å². The summed E-state index contributed by atoms with van der Waals surface area (Å²) in [5.41, 5.74) is 7.64. The first-order chi connectivity index (χ1) is 9.94. The smallest absolute Gasteiger partial charge is 0.0514 e. The van der Waals surface area contributed by atoms with Crippen LogP contribution in [0.15, 0.2) is 24.3 Å². The molecule has 2 atom stereocenters. The number of benzene rings is 1. The SMILES string of the molecule is CCC(N)C(c1ccccc1Cl)N1CCSC(C)(C)CC1. The molecular weight excluding hydrogens is 300 g/mol. The first-order valence-electron chi connectivity index (χ1n) is 7.82. The highest BCUT2D eigenvalue weighted by atomic mass is 35.5. The number of hydrogen-bond acceptors (Lipinski definition) is 3. The van der Waals surface area contributed by atoms with Gasteiger partial charge in [-0.2, -0.15) is 11.8 Å². The molecule has 1 heterocycles. The highest BCUT2D eigenvalue weighted by Crippen LogP contribution is 2.36. The van der Waals surface area contributed by atoms with E-state index in [0.29, 0.717) is 4.75 Å². The largest absolute Gasteiger partial charge is 0.326 e. The van der Waals surface area contributed by atoms with Crippen LogP contribution in [-0.4, -0.2) is 34.5 Å². The number of hydrogen-bond donors (Lipinski definition) is 1. The summed E-state index contributed by atoms with van der Waals surface area (Å²) in [5, 5.41) is 0.836. The number of nitrogens with two attached hydrogens (primary N) is 1. The van der Waals surface area contributed by atoms with Crippen molar-refractivity contribution in [1.29, 1.82) is 0 Å². The topological polar surface area (TPSA) is 29.3 Å². The van der Waals surface area contributed by atoms with Gasteiger partial charge in [-0.05, 0) is 24.5 Å². The van der Waals surface area contributed by atoms with E-state index < -0.39 is 0 Å². The minimum atomic E-state index is 0.121. The van der Waals surface area contributed by atoms with Crippen molar-refractivity contribution in [2.75, 3.05) is 18.8 Å². The summed E-state index contributed by atoms with van der Waals surface area (Å²) in [6, 6.07) is 8.50. The molecule has 2 rings (SSSR count). The zero-order valence-electron chi connectivity index (χ0n) is 13.3. The molecule has 4 heteroatoms. The van der Waals surface area contributed by atoms with Gasteiger partial charge in [0.05, 0.1) is 6.04 Å². The van der Waals surface area contributed by atoms with E-state index in [1.165, 1.54) is 12.0 Å². The zero-order valence-corrected chi connectivity index (χ0v) is 14.9. The van der Waals surface area contributed by atoms with E-state index in [1.54, 1.807) is 0 Å². The summed E-state index contributed by atoms with van der Waals surface area (Å²) in [7, 11) is 0. The average Bonchev–Trinajstić information content (AvgIpc) is 2.62. The standard InChI is InChI=1S/C17H27ClN2S/c1-4-15(19)16(13-7-5-6-8-14(13)18)20-10-9-17(2,3)21-12-11-20/h5-8,15-16H,4,9-12,19H2,1-3H3. The highest BCUT2D eigenvalue weighted by molar-refractivity contribution is 8.00. The van der Waals surface area contributed by atoms with Gasteiger partial charge >= 0.3 is 0 Å². The lowest BCUT2D eigenvalue weighted by Crippen LogP contribution is -2.42. The van der Waals surface area contributed by atoms with Crippen LogP contribution in [0.1, 0.15) is 45.2 Å². The van der Waals surface area contributed by atoms with Crippen molar-refractivity contribution in [3.8, 4) is 0 Å². The zero-order chi connectivity index (χ0) is 15.5. The van der Waals surface area contributed by atoms with E-state index in [2.05, 4.69) is 49.6 Å². The number of halogens is 1. The molecule has 0 radical (unpaired) electrons. The molecule has 2 unspecified atom stereocenters. The minimum absolute atomic E-state index is 0.121. The molecule has 1 aromatic rings. The van der Waals surface area contributed by atoms with Crippen LogP contribution in [0, 0.1) is 0 Å². The van der Waals surface area contributed by atoms with Crippen LogP contribution in [0.5, 0.6) is 0 Å². The molecular formula is C17H27ClN2S. The Bertz CT molecular complexity index is 464. The van der Waals surface area contributed by atoms with E-state index in [0.717, 1.165) is 30.3 Å². The number of nitrogens with zero attached hydrogens (tertiary/aromatic N) is 1. The van der Waals surface area contributed by atoms with Gasteiger partial charge in [0.15, 0.2) is 0 Å². The summed E-state index contributed by atoms with van der Waals surface area (Å²) in [6.45, 7) is 9.00. The summed E-state index contributed by atoms with van der Waals surface area (Å²) >= 11 is 8.51. The maximum absolute atomic E-state index is 6.46. The van der Waals surface area contributed by atoms with Gasteiger partial charge in [0.25, 0.3) is 0 Å². The van der Waals surface area contributed by atoms with Crippen molar-refractivity contribution in [3.05, 3.63) is 34.9 Å². The molecule has 0 bridgehead atoms. The third kappa shape index (κ3) is 4.38. The van der Waals surface area contributed by atoms with Gasteiger partial charge in [-0.15, -0.1) is 0 Å². The molecule has 21 heavy (non-hydrogen) atoms. The van der Waals surface area contributed by atoms with Gasteiger partial charge in [0.2, 0.25) is 0 Å². The predicted molar refractivity (Wildman–Crippen MR) is 95.2 cm³/mol.